The number of nitrogens with one attached hydrogen (secondary N) is 1. The molecule has 0 amide bonds. The molecule has 0 atom stereocenters. The molecule has 0 aliphatic heterocycles. The molecule has 0 aliphatic carbocycles. The first kappa shape index (κ1) is 18.2. The van der Waals surface area contributed by atoms with Crippen LogP contribution in [0.3, 0.4) is 0 Å². The minimum Gasteiger partial charge on any atom is -0.200 e. The predicted octanol–water partition coefficient (Wildman–Crippen LogP) is 4.38. The van der Waals surface area contributed by atoms with Gasteiger partial charge in [0, 0.05) is 11.1 Å². The lowest BCUT2D eigenvalue weighted by Gasteiger charge is -2.10. The van der Waals surface area contributed by atoms with E-state index in [-0.39, 0.29) is 4.90 Å². The number of rotatable bonds is 5. The van der Waals surface area contributed by atoms with Gasteiger partial charge in [0.1, 0.15) is 5.71 Å². The topological polar surface area (TPSA) is 58.5 Å². The van der Waals surface area contributed by atoms with E-state index in [1.54, 1.807) is 36.4 Å². The van der Waals surface area contributed by atoms with Crippen LogP contribution in [0.5, 0.6) is 0 Å². The average molecular weight is 385 g/mol. The smallest absolute Gasteiger partial charge is 0.200 e. The zero-order chi connectivity index (χ0) is 18.6. The third-order valence-corrected chi connectivity index (χ3v) is 5.34. The highest BCUT2D eigenvalue weighted by Gasteiger charge is 2.15. The van der Waals surface area contributed by atoms with Gasteiger partial charge in [0.25, 0.3) is 10.0 Å². The summed E-state index contributed by atoms with van der Waals surface area (Å²) in [6.07, 6.45) is 0. The summed E-state index contributed by atoms with van der Waals surface area (Å²) in [5.41, 5.74) is 2.83. The van der Waals surface area contributed by atoms with Crippen molar-refractivity contribution < 1.29 is 8.42 Å². The average Bonchev–Trinajstić information content (AvgIpc) is 2.64. The molecule has 26 heavy (non-hydrogen) atoms. The Kier molecular flexibility index (Phi) is 5.40. The maximum absolute atomic E-state index is 12.5. The fourth-order valence-corrected chi connectivity index (χ4v) is 3.44. The summed E-state index contributed by atoms with van der Waals surface area (Å²) >= 11 is 6.30. The Balaban J connectivity index is 2.02. The molecular formula is C20H17ClN2O2S. The number of benzene rings is 3. The molecule has 0 aromatic heterocycles. The standard InChI is InChI=1S/C20H17ClN2O2S/c1-15-11-13-17(14-12-15)26(24,25)23-22-20(16-7-3-2-4-8-16)18-9-5-6-10-19(18)21/h2-14,23H,1H3/b22-20-. The molecule has 0 spiro atoms. The first-order valence-electron chi connectivity index (χ1n) is 7.94. The van der Waals surface area contributed by atoms with Crippen molar-refractivity contribution in [2.24, 2.45) is 5.10 Å². The minimum atomic E-state index is -3.78. The highest BCUT2D eigenvalue weighted by Crippen LogP contribution is 2.20. The molecule has 0 heterocycles. The number of hydrogen-bond acceptors (Lipinski definition) is 3. The van der Waals surface area contributed by atoms with Crippen molar-refractivity contribution in [1.82, 2.24) is 4.83 Å². The van der Waals surface area contributed by atoms with Gasteiger partial charge in [-0.3, -0.25) is 0 Å². The Morgan fingerprint density at radius 1 is 0.885 bits per heavy atom. The summed E-state index contributed by atoms with van der Waals surface area (Å²) < 4.78 is 25.1. The van der Waals surface area contributed by atoms with E-state index in [9.17, 15) is 8.42 Å². The van der Waals surface area contributed by atoms with Crippen LogP contribution in [0, 0.1) is 6.92 Å². The molecule has 3 aromatic carbocycles. The number of hydrazone groups is 1. The Bertz CT molecular complexity index is 1030. The van der Waals surface area contributed by atoms with Gasteiger partial charge in [-0.15, -0.1) is 0 Å². The summed E-state index contributed by atoms with van der Waals surface area (Å²) in [5, 5.41) is 4.68. The van der Waals surface area contributed by atoms with E-state index in [4.69, 9.17) is 11.6 Å². The van der Waals surface area contributed by atoms with Crippen LogP contribution >= 0.6 is 11.6 Å². The second-order valence-electron chi connectivity index (χ2n) is 5.71. The Morgan fingerprint density at radius 2 is 1.50 bits per heavy atom. The second kappa shape index (κ2) is 7.72. The van der Waals surface area contributed by atoms with Gasteiger partial charge in [-0.2, -0.15) is 18.4 Å². The Labute approximate surface area is 158 Å². The van der Waals surface area contributed by atoms with Crippen molar-refractivity contribution in [1.29, 1.82) is 0 Å². The van der Waals surface area contributed by atoms with Crippen molar-refractivity contribution >= 4 is 27.3 Å². The Hall–Kier alpha value is -2.63. The van der Waals surface area contributed by atoms with E-state index in [0.29, 0.717) is 16.3 Å². The quantitative estimate of drug-likeness (QED) is 0.524. The molecule has 0 saturated carbocycles. The molecule has 132 valence electrons. The molecule has 0 saturated heterocycles. The molecule has 0 unspecified atom stereocenters. The predicted molar refractivity (Wildman–Crippen MR) is 105 cm³/mol. The Morgan fingerprint density at radius 3 is 2.15 bits per heavy atom. The zero-order valence-electron chi connectivity index (χ0n) is 14.1. The lowest BCUT2D eigenvalue weighted by Crippen LogP contribution is -2.21. The van der Waals surface area contributed by atoms with Crippen LogP contribution in [0.15, 0.2) is 88.9 Å². The fraction of sp³-hybridized carbons (Fsp3) is 0.0500. The number of halogens is 1. The lowest BCUT2D eigenvalue weighted by atomic mass is 10.0. The van der Waals surface area contributed by atoms with Gasteiger partial charge in [0.05, 0.1) is 9.92 Å². The largest absolute Gasteiger partial charge is 0.276 e. The maximum Gasteiger partial charge on any atom is 0.276 e. The van der Waals surface area contributed by atoms with Gasteiger partial charge in [0.15, 0.2) is 0 Å². The van der Waals surface area contributed by atoms with Crippen LogP contribution in [0.4, 0.5) is 0 Å². The van der Waals surface area contributed by atoms with Gasteiger partial charge >= 0.3 is 0 Å². The highest BCUT2D eigenvalue weighted by atomic mass is 35.5. The second-order valence-corrected chi connectivity index (χ2v) is 7.78. The molecule has 0 radical (unpaired) electrons. The molecule has 1 N–H and O–H groups in total. The first-order valence-corrected chi connectivity index (χ1v) is 9.80. The van der Waals surface area contributed by atoms with Crippen LogP contribution in [-0.2, 0) is 10.0 Å². The number of sulfonamides is 1. The van der Waals surface area contributed by atoms with Gasteiger partial charge < -0.3 is 0 Å². The molecule has 0 bridgehead atoms. The summed E-state index contributed by atoms with van der Waals surface area (Å²) in [4.78, 5) is 2.47. The molecular weight excluding hydrogens is 368 g/mol. The molecule has 3 aromatic rings. The van der Waals surface area contributed by atoms with Crippen molar-refractivity contribution in [2.45, 2.75) is 11.8 Å². The maximum atomic E-state index is 12.5. The lowest BCUT2D eigenvalue weighted by molar-refractivity contribution is 0.584. The van der Waals surface area contributed by atoms with Crippen molar-refractivity contribution in [3.05, 3.63) is 101 Å². The van der Waals surface area contributed by atoms with E-state index in [2.05, 4.69) is 9.93 Å². The van der Waals surface area contributed by atoms with Crippen LogP contribution in [0.2, 0.25) is 5.02 Å². The number of hydrogen-bond donors (Lipinski definition) is 1. The summed E-state index contributed by atoms with van der Waals surface area (Å²) in [6, 6.07) is 23.0. The first-order chi connectivity index (χ1) is 12.5. The van der Waals surface area contributed by atoms with Gasteiger partial charge in [-0.25, -0.2) is 0 Å². The molecule has 4 nitrogen and oxygen atoms in total. The molecule has 6 heteroatoms. The van der Waals surface area contributed by atoms with Crippen LogP contribution in [0.25, 0.3) is 0 Å². The summed E-state index contributed by atoms with van der Waals surface area (Å²) in [5.74, 6) is 0. The number of aryl methyl sites for hydroxylation is 1. The summed E-state index contributed by atoms with van der Waals surface area (Å²) in [7, 11) is -3.78. The van der Waals surface area contributed by atoms with Crippen LogP contribution < -0.4 is 4.83 Å². The van der Waals surface area contributed by atoms with Crippen molar-refractivity contribution in [3.8, 4) is 0 Å². The van der Waals surface area contributed by atoms with Gasteiger partial charge in [-0.1, -0.05) is 77.8 Å². The normalized spacial score (nSPS) is 12.0. The van der Waals surface area contributed by atoms with Crippen molar-refractivity contribution in [3.63, 3.8) is 0 Å². The molecule has 3 rings (SSSR count). The highest BCUT2D eigenvalue weighted by molar-refractivity contribution is 7.89. The van der Waals surface area contributed by atoms with Crippen LogP contribution in [0.1, 0.15) is 16.7 Å². The summed E-state index contributed by atoms with van der Waals surface area (Å²) in [6.45, 7) is 1.90. The fourth-order valence-electron chi connectivity index (χ4n) is 2.41. The SMILES string of the molecule is Cc1ccc(S(=O)(=O)N/N=C(/c2ccccc2)c2ccccc2Cl)cc1. The van der Waals surface area contributed by atoms with E-state index in [1.807, 2.05) is 49.4 Å². The third-order valence-electron chi connectivity index (χ3n) is 3.79. The van der Waals surface area contributed by atoms with Crippen molar-refractivity contribution in [2.75, 3.05) is 0 Å². The van der Waals surface area contributed by atoms with E-state index in [1.165, 1.54) is 0 Å². The molecule has 0 fully saturated rings. The van der Waals surface area contributed by atoms with E-state index in [0.717, 1.165) is 11.1 Å². The zero-order valence-corrected chi connectivity index (χ0v) is 15.6. The number of nitrogens with zero attached hydrogens (tertiary/aromatic N) is 1. The van der Waals surface area contributed by atoms with Gasteiger partial charge in [-0.05, 0) is 25.1 Å². The van der Waals surface area contributed by atoms with Gasteiger partial charge in [0.2, 0.25) is 0 Å². The monoisotopic (exact) mass is 384 g/mol. The molecule has 0 aliphatic rings. The van der Waals surface area contributed by atoms with E-state index >= 15 is 0 Å². The van der Waals surface area contributed by atoms with E-state index < -0.39 is 10.0 Å². The van der Waals surface area contributed by atoms with Crippen LogP contribution in [-0.4, -0.2) is 14.1 Å². The minimum absolute atomic E-state index is 0.151. The third kappa shape index (κ3) is 4.12.